The van der Waals surface area contributed by atoms with E-state index in [9.17, 15) is 0 Å². The van der Waals surface area contributed by atoms with E-state index in [2.05, 4.69) is 283 Å². The van der Waals surface area contributed by atoms with E-state index < -0.39 is 0 Å². The van der Waals surface area contributed by atoms with Gasteiger partial charge in [-0.05, 0) is 165 Å². The molecule has 3 aliphatic rings. The molecule has 11 aromatic carbocycles. The molecule has 3 aliphatic carbocycles. The number of hydrogen-bond acceptors (Lipinski definition) is 4. The highest BCUT2D eigenvalue weighted by atomic mass is 16.3. The van der Waals surface area contributed by atoms with Crippen LogP contribution in [0.25, 0.3) is 88.4 Å². The Morgan fingerprint density at radius 1 is 0.312 bits per heavy atom. The van der Waals surface area contributed by atoms with Crippen LogP contribution in [0.4, 0.5) is 34.1 Å². The number of anilines is 6. The highest BCUT2D eigenvalue weighted by molar-refractivity contribution is 6.21. The molecule has 0 fully saturated rings. The Labute approximate surface area is 466 Å². The lowest BCUT2D eigenvalue weighted by atomic mass is 9.72. The molecule has 0 radical (unpaired) electrons. The van der Waals surface area contributed by atoms with Crippen LogP contribution in [0.1, 0.15) is 80.5 Å². The number of hydrogen-bond donors (Lipinski definition) is 0. The molecule has 80 heavy (non-hydrogen) atoms. The number of para-hydroxylation sites is 4. The second kappa shape index (κ2) is 16.6. The van der Waals surface area contributed by atoms with Gasteiger partial charge in [-0.15, -0.1) is 0 Å². The Hall–Kier alpha value is -9.38. The van der Waals surface area contributed by atoms with Crippen molar-refractivity contribution in [2.75, 3.05) is 9.80 Å². The normalized spacial score (nSPS) is 14.7. The fraction of sp³-hybridized carbons (Fsp3) is 0.132. The van der Waals surface area contributed by atoms with E-state index in [1.54, 1.807) is 0 Å². The van der Waals surface area contributed by atoms with Gasteiger partial charge in [0.25, 0.3) is 0 Å². The highest BCUT2D eigenvalue weighted by Crippen LogP contribution is 2.64. The molecule has 0 spiro atoms. The summed E-state index contributed by atoms with van der Waals surface area (Å²) in [6.45, 7) is 16.7. The summed E-state index contributed by atoms with van der Waals surface area (Å²) in [5.41, 5.74) is 28.4. The van der Waals surface area contributed by atoms with Crippen molar-refractivity contribution >= 4 is 78.0 Å². The van der Waals surface area contributed by atoms with Crippen LogP contribution in [0.2, 0.25) is 0 Å². The van der Waals surface area contributed by atoms with Gasteiger partial charge in [-0.3, -0.25) is 0 Å². The second-order valence-electron chi connectivity index (χ2n) is 24.1. The number of nitrogens with zero attached hydrogens (tertiary/aromatic N) is 2. The van der Waals surface area contributed by atoms with E-state index in [-0.39, 0.29) is 16.2 Å². The standard InChI is InChI=1S/C76H58N2O2/c1-45-30-32-46(33-31-45)58-44-62-65(67-56-25-15-18-28-63(56)79-72(58)67)54-40-38-51(42-60(54)74(62,2)3)78(50-36-34-49(35-37-50)77(47-20-10-8-11-21-47)48-22-12-9-13-23-48)52-39-41-55-61(43-52)76(6,7)71-69(55)73-68(57-26-16-19-29-64(57)80-73)66-53-24-14-17-27-59(53)75(4,5)70(66)71/h8-44H,1-7H3. The van der Waals surface area contributed by atoms with E-state index in [1.165, 1.54) is 88.5 Å². The number of furan rings is 2. The summed E-state index contributed by atoms with van der Waals surface area (Å²) in [6.07, 6.45) is 0. The molecule has 0 bridgehead atoms. The van der Waals surface area contributed by atoms with Crippen molar-refractivity contribution in [3.63, 3.8) is 0 Å². The summed E-state index contributed by atoms with van der Waals surface area (Å²) < 4.78 is 14.0. The van der Waals surface area contributed by atoms with Gasteiger partial charge in [0, 0.05) is 83.0 Å². The van der Waals surface area contributed by atoms with Gasteiger partial charge < -0.3 is 18.6 Å². The fourth-order valence-electron chi connectivity index (χ4n) is 14.6. The molecule has 0 saturated carbocycles. The van der Waals surface area contributed by atoms with E-state index in [1.807, 2.05) is 0 Å². The first-order valence-electron chi connectivity index (χ1n) is 28.2. The molecule has 0 aliphatic heterocycles. The Bertz CT molecular complexity index is 4690. The molecule has 0 N–H and O–H groups in total. The van der Waals surface area contributed by atoms with E-state index in [4.69, 9.17) is 8.83 Å². The van der Waals surface area contributed by atoms with Gasteiger partial charge in [0.15, 0.2) is 0 Å². The van der Waals surface area contributed by atoms with Crippen LogP contribution >= 0.6 is 0 Å². The maximum atomic E-state index is 7.12. The molecule has 0 unspecified atom stereocenters. The Morgan fingerprint density at radius 2 is 0.750 bits per heavy atom. The fourth-order valence-corrected chi connectivity index (χ4v) is 14.6. The monoisotopic (exact) mass is 1030 g/mol. The molecular formula is C76H58N2O2. The third-order valence-electron chi connectivity index (χ3n) is 18.4. The van der Waals surface area contributed by atoms with Crippen molar-refractivity contribution in [1.29, 1.82) is 0 Å². The minimum absolute atomic E-state index is 0.240. The third-order valence-corrected chi connectivity index (χ3v) is 18.4. The molecule has 2 aromatic heterocycles. The first-order valence-corrected chi connectivity index (χ1v) is 28.2. The molecular weight excluding hydrogens is 973 g/mol. The van der Waals surface area contributed by atoms with E-state index >= 15 is 0 Å². The molecule has 4 heteroatoms. The largest absolute Gasteiger partial charge is 0.455 e. The number of benzene rings is 11. The van der Waals surface area contributed by atoms with Crippen LogP contribution in [0, 0.1) is 6.92 Å². The lowest BCUT2D eigenvalue weighted by Crippen LogP contribution is -2.24. The van der Waals surface area contributed by atoms with E-state index in [0.717, 1.165) is 73.0 Å². The number of rotatable bonds is 7. The van der Waals surface area contributed by atoms with Gasteiger partial charge in [-0.25, -0.2) is 0 Å². The van der Waals surface area contributed by atoms with Crippen molar-refractivity contribution in [3.8, 4) is 44.5 Å². The SMILES string of the molecule is Cc1ccc(-c2cc3c(c4c2oc2ccccc24)-c2ccc(N(c4ccc(N(c5ccccc5)c5ccccc5)cc4)c4ccc5c(c4)C(C)(C)c4c6c(c7c(oc8ccccc87)c4-5)-c4ccccc4C6(C)C)cc2C3(C)C)cc1. The Balaban J connectivity index is 0.911. The van der Waals surface area contributed by atoms with Crippen molar-refractivity contribution in [2.24, 2.45) is 0 Å². The van der Waals surface area contributed by atoms with Crippen LogP contribution in [0.5, 0.6) is 0 Å². The van der Waals surface area contributed by atoms with Crippen molar-refractivity contribution < 1.29 is 8.83 Å². The van der Waals surface area contributed by atoms with Crippen LogP contribution in [-0.4, -0.2) is 0 Å². The number of aryl methyl sites for hydroxylation is 1. The lowest BCUT2D eigenvalue weighted by molar-refractivity contribution is 0.600. The highest BCUT2D eigenvalue weighted by Gasteiger charge is 2.49. The molecule has 4 nitrogen and oxygen atoms in total. The molecule has 2 heterocycles. The maximum Gasteiger partial charge on any atom is 0.144 e. The zero-order chi connectivity index (χ0) is 54.0. The third kappa shape index (κ3) is 6.39. The lowest BCUT2D eigenvalue weighted by Gasteiger charge is -2.32. The van der Waals surface area contributed by atoms with Crippen LogP contribution in [-0.2, 0) is 16.2 Å². The summed E-state index contributed by atoms with van der Waals surface area (Å²) in [5.74, 6) is 0. The van der Waals surface area contributed by atoms with Gasteiger partial charge in [-0.1, -0.05) is 181 Å². The average Bonchev–Trinajstić information content (AvgIpc) is 4.43. The first-order chi connectivity index (χ1) is 38.9. The second-order valence-corrected chi connectivity index (χ2v) is 24.1. The summed E-state index contributed by atoms with van der Waals surface area (Å²) >= 11 is 0. The molecule has 0 saturated heterocycles. The van der Waals surface area contributed by atoms with Crippen LogP contribution < -0.4 is 9.80 Å². The molecule has 0 atom stereocenters. The van der Waals surface area contributed by atoms with Gasteiger partial charge in [0.1, 0.15) is 22.3 Å². The summed E-state index contributed by atoms with van der Waals surface area (Å²) in [4.78, 5) is 4.82. The zero-order valence-electron chi connectivity index (χ0n) is 46.1. The van der Waals surface area contributed by atoms with E-state index in [0.29, 0.717) is 0 Å². The predicted octanol–water partition coefficient (Wildman–Crippen LogP) is 21.3. The zero-order valence-corrected chi connectivity index (χ0v) is 46.1. The van der Waals surface area contributed by atoms with Crippen LogP contribution in [0.3, 0.4) is 0 Å². The topological polar surface area (TPSA) is 32.8 Å². The molecule has 0 amide bonds. The Morgan fingerprint density at radius 3 is 1.36 bits per heavy atom. The summed E-state index contributed by atoms with van der Waals surface area (Å²) in [5, 5.41) is 4.70. The summed E-state index contributed by atoms with van der Waals surface area (Å²) in [6, 6.07) is 82.4. The number of fused-ring (bicyclic) bond motifs is 19. The average molecular weight is 1030 g/mol. The van der Waals surface area contributed by atoms with Crippen LogP contribution in [0.15, 0.2) is 233 Å². The molecule has 384 valence electrons. The smallest absolute Gasteiger partial charge is 0.144 e. The molecule has 13 aromatic rings. The van der Waals surface area contributed by atoms with Gasteiger partial charge in [-0.2, -0.15) is 0 Å². The first kappa shape index (κ1) is 46.7. The minimum atomic E-state index is -0.381. The van der Waals surface area contributed by atoms with Crippen molar-refractivity contribution in [1.82, 2.24) is 0 Å². The summed E-state index contributed by atoms with van der Waals surface area (Å²) in [7, 11) is 0. The quantitative estimate of drug-likeness (QED) is 0.159. The Kier molecular flexibility index (Phi) is 9.68. The maximum absolute atomic E-state index is 7.12. The van der Waals surface area contributed by atoms with Crippen molar-refractivity contribution in [2.45, 2.75) is 64.7 Å². The van der Waals surface area contributed by atoms with Gasteiger partial charge >= 0.3 is 0 Å². The van der Waals surface area contributed by atoms with Gasteiger partial charge in [0.05, 0.1) is 0 Å². The van der Waals surface area contributed by atoms with Gasteiger partial charge in [0.2, 0.25) is 0 Å². The van der Waals surface area contributed by atoms with Crippen molar-refractivity contribution in [3.05, 3.63) is 263 Å². The molecule has 16 rings (SSSR count). The predicted molar refractivity (Wildman–Crippen MR) is 333 cm³/mol. The minimum Gasteiger partial charge on any atom is -0.455 e.